The molecule has 2 aromatic heterocycles. The first-order valence-electron chi connectivity index (χ1n) is 13.4. The zero-order valence-corrected chi connectivity index (χ0v) is 23.7. The van der Waals surface area contributed by atoms with E-state index in [4.69, 9.17) is 37.4 Å². The molecular weight excluding hydrogens is 553 g/mol. The number of benzene rings is 2. The predicted molar refractivity (Wildman–Crippen MR) is 151 cm³/mol. The van der Waals surface area contributed by atoms with Crippen molar-refractivity contribution in [3.63, 3.8) is 0 Å². The molecule has 2 aromatic carbocycles. The summed E-state index contributed by atoms with van der Waals surface area (Å²) < 4.78 is 13.3. The van der Waals surface area contributed by atoms with Crippen molar-refractivity contribution in [2.24, 2.45) is 17.8 Å². The Bertz CT molecular complexity index is 1600. The van der Waals surface area contributed by atoms with Gasteiger partial charge < -0.3 is 14.4 Å². The van der Waals surface area contributed by atoms with Crippen LogP contribution in [0.15, 0.2) is 40.9 Å². The van der Waals surface area contributed by atoms with E-state index >= 15 is 0 Å². The quantitative estimate of drug-likeness (QED) is 0.250. The molecule has 2 unspecified atom stereocenters. The number of halogens is 2. The van der Waals surface area contributed by atoms with Crippen LogP contribution < -0.4 is 0 Å². The topological polar surface area (TPSA) is 92.2 Å². The van der Waals surface area contributed by atoms with Crippen LogP contribution in [0.25, 0.3) is 21.5 Å². The molecule has 0 amide bonds. The number of fused-ring (bicyclic) bond motifs is 3. The number of ether oxygens (including phenoxy) is 1. The largest absolute Gasteiger partial charge is 0.382 e. The van der Waals surface area contributed by atoms with Gasteiger partial charge in [-0.1, -0.05) is 41.3 Å². The van der Waals surface area contributed by atoms with Crippen molar-refractivity contribution in [1.82, 2.24) is 10.1 Å². The Kier molecular flexibility index (Phi) is 6.26. The van der Waals surface area contributed by atoms with Gasteiger partial charge in [-0.15, -0.1) is 11.3 Å². The van der Waals surface area contributed by atoms with Crippen LogP contribution >= 0.6 is 34.5 Å². The third kappa shape index (κ3) is 4.20. The molecule has 0 saturated heterocycles. The van der Waals surface area contributed by atoms with E-state index in [2.05, 4.69) is 18.1 Å². The molecule has 3 fully saturated rings. The number of thiazole rings is 1. The third-order valence-electron chi connectivity index (χ3n) is 8.88. The van der Waals surface area contributed by atoms with E-state index in [1.165, 1.54) is 11.3 Å². The van der Waals surface area contributed by atoms with E-state index in [1.54, 1.807) is 6.07 Å². The van der Waals surface area contributed by atoms with E-state index in [0.717, 1.165) is 58.7 Å². The molecule has 0 radical (unpaired) electrons. The number of hydrogen-bond donors (Lipinski definition) is 1. The van der Waals surface area contributed by atoms with Gasteiger partial charge in [0.2, 0.25) is 0 Å². The Labute approximate surface area is 240 Å². The van der Waals surface area contributed by atoms with Crippen LogP contribution in [0.1, 0.15) is 66.8 Å². The van der Waals surface area contributed by atoms with Crippen LogP contribution in [0.5, 0.6) is 0 Å². The summed E-state index contributed by atoms with van der Waals surface area (Å²) in [5.41, 5.74) is 2.71. The Morgan fingerprint density at radius 3 is 2.69 bits per heavy atom. The molecule has 9 heteroatoms. The lowest BCUT2D eigenvalue weighted by Crippen LogP contribution is -2.45. The van der Waals surface area contributed by atoms with Crippen LogP contribution in [0.4, 0.5) is 0 Å². The first-order valence-corrected chi connectivity index (χ1v) is 15.0. The van der Waals surface area contributed by atoms with Crippen LogP contribution in [0.3, 0.4) is 0 Å². The van der Waals surface area contributed by atoms with Gasteiger partial charge >= 0.3 is 0 Å². The summed E-state index contributed by atoms with van der Waals surface area (Å²) in [7, 11) is 0. The molecule has 6 nitrogen and oxygen atoms in total. The second kappa shape index (κ2) is 9.57. The maximum absolute atomic E-state index is 12.2. The summed E-state index contributed by atoms with van der Waals surface area (Å²) >= 11 is 14.6. The fourth-order valence-corrected chi connectivity index (χ4v) is 8.61. The Hall–Kier alpha value is -2.47. The average Bonchev–Trinajstić information content (AvgIpc) is 3.52. The van der Waals surface area contributed by atoms with Crippen LogP contribution in [-0.2, 0) is 16.9 Å². The minimum absolute atomic E-state index is 0.00122. The van der Waals surface area contributed by atoms with Crippen molar-refractivity contribution in [2.45, 2.75) is 63.3 Å². The lowest BCUT2D eigenvalue weighted by Gasteiger charge is -2.41. The Morgan fingerprint density at radius 2 is 1.97 bits per heavy atom. The number of nitrogens with zero attached hydrogens (tertiary/aromatic N) is 3. The molecule has 39 heavy (non-hydrogen) atoms. The second-order valence-electron chi connectivity index (χ2n) is 11.3. The molecule has 3 aliphatic rings. The number of nitriles is 1. The zero-order valence-electron chi connectivity index (χ0n) is 21.4. The molecule has 4 aromatic rings. The van der Waals surface area contributed by atoms with E-state index in [9.17, 15) is 10.4 Å². The van der Waals surface area contributed by atoms with Crippen LogP contribution in [-0.4, -0.2) is 21.4 Å². The third-order valence-corrected chi connectivity index (χ3v) is 10.7. The lowest BCUT2D eigenvalue weighted by atomic mass is 9.72. The average molecular weight is 581 g/mol. The number of aliphatic hydroxyl groups is 1. The maximum atomic E-state index is 12.2. The van der Waals surface area contributed by atoms with Crippen LogP contribution in [0, 0.1) is 29.1 Å². The minimum Gasteiger partial charge on any atom is -0.382 e. The fourth-order valence-electron chi connectivity index (χ4n) is 6.80. The molecule has 3 saturated carbocycles. The Morgan fingerprint density at radius 1 is 1.18 bits per heavy atom. The van der Waals surface area contributed by atoms with Crippen molar-refractivity contribution in [2.75, 3.05) is 0 Å². The van der Waals surface area contributed by atoms with Crippen molar-refractivity contribution < 1.29 is 14.4 Å². The molecule has 7 rings (SSSR count). The van der Waals surface area contributed by atoms with Crippen molar-refractivity contribution in [3.8, 4) is 17.3 Å². The van der Waals surface area contributed by atoms with Gasteiger partial charge in [-0.05, 0) is 80.2 Å². The smallest absolute Gasteiger partial charge is 0.145 e. The van der Waals surface area contributed by atoms with Gasteiger partial charge in [-0.2, -0.15) is 5.26 Å². The highest BCUT2D eigenvalue weighted by Gasteiger charge is 2.59. The SMILES string of the molecule is CC1C[C@@H]2C[C@H](OCc3c(-c4c(Cl)cccc4Cl)noc3C3CC3)CC1[C@]2(O)c1nc2ccc(C#N)cc2s1. The number of rotatable bonds is 6. The first kappa shape index (κ1) is 25.5. The van der Waals surface area contributed by atoms with Gasteiger partial charge in [0, 0.05) is 17.0 Å². The van der Waals surface area contributed by atoms with E-state index in [-0.39, 0.29) is 17.9 Å². The lowest BCUT2D eigenvalue weighted by molar-refractivity contribution is -0.120. The predicted octanol–water partition coefficient (Wildman–Crippen LogP) is 7.85. The summed E-state index contributed by atoms with van der Waals surface area (Å²) in [4.78, 5) is 4.84. The van der Waals surface area contributed by atoms with Gasteiger partial charge in [0.15, 0.2) is 0 Å². The van der Waals surface area contributed by atoms with E-state index in [1.807, 2.05) is 30.3 Å². The summed E-state index contributed by atoms with van der Waals surface area (Å²) in [6, 6.07) is 13.1. The summed E-state index contributed by atoms with van der Waals surface area (Å²) in [5, 5.41) is 27.7. The van der Waals surface area contributed by atoms with E-state index in [0.29, 0.717) is 45.3 Å². The van der Waals surface area contributed by atoms with Crippen LogP contribution in [0.2, 0.25) is 10.0 Å². The minimum atomic E-state index is -0.984. The molecule has 2 bridgehead atoms. The first-order chi connectivity index (χ1) is 18.9. The summed E-state index contributed by atoms with van der Waals surface area (Å²) in [6.45, 7) is 2.59. The van der Waals surface area contributed by atoms with Gasteiger partial charge in [0.1, 0.15) is 22.1 Å². The molecular formula is C30H27Cl2N3O3S. The van der Waals surface area contributed by atoms with Gasteiger partial charge in [0.25, 0.3) is 0 Å². The van der Waals surface area contributed by atoms with Crippen molar-refractivity contribution >= 4 is 44.8 Å². The highest BCUT2D eigenvalue weighted by Crippen LogP contribution is 2.59. The highest BCUT2D eigenvalue weighted by atomic mass is 35.5. The summed E-state index contributed by atoms with van der Waals surface area (Å²) in [5.74, 6) is 1.68. The molecule has 5 atom stereocenters. The molecule has 3 aliphatic carbocycles. The van der Waals surface area contributed by atoms with Gasteiger partial charge in [-0.3, -0.25) is 0 Å². The Balaban J connectivity index is 1.15. The van der Waals surface area contributed by atoms with Gasteiger partial charge in [0.05, 0.1) is 44.6 Å². The van der Waals surface area contributed by atoms with Crippen molar-refractivity contribution in [3.05, 3.63) is 68.3 Å². The molecule has 0 spiro atoms. The molecule has 1 N–H and O–H groups in total. The monoisotopic (exact) mass is 579 g/mol. The summed E-state index contributed by atoms with van der Waals surface area (Å²) in [6.07, 6.45) is 4.59. The number of hydrogen-bond acceptors (Lipinski definition) is 7. The zero-order chi connectivity index (χ0) is 26.9. The molecule has 2 heterocycles. The van der Waals surface area contributed by atoms with E-state index < -0.39 is 5.60 Å². The normalized spacial score (nSPS) is 28.2. The van der Waals surface area contributed by atoms with Gasteiger partial charge in [-0.25, -0.2) is 4.98 Å². The number of aromatic nitrogens is 2. The highest BCUT2D eigenvalue weighted by molar-refractivity contribution is 7.18. The van der Waals surface area contributed by atoms with Crippen molar-refractivity contribution in [1.29, 1.82) is 5.26 Å². The molecule has 200 valence electrons. The second-order valence-corrected chi connectivity index (χ2v) is 13.1. The maximum Gasteiger partial charge on any atom is 0.145 e. The molecule has 0 aliphatic heterocycles. The fraction of sp³-hybridized carbons (Fsp3) is 0.433. The standard InChI is InChI=1S/C30H27Cl2N3O3S/c1-15-9-18-11-19(12-21(15)30(18,36)29-34-24-8-5-16(13-33)10-25(24)39-29)37-14-20-27(35-38-28(20)17-6-7-17)26-22(31)3-2-4-23(26)32/h2-5,8,10,15,17-19,21,36H,6-7,9,11-12,14H2,1H3/t15?,18-,19+,21?,30+/m1/s1.